The maximum Gasteiger partial charge on any atom is 0.355 e. The van der Waals surface area contributed by atoms with Crippen LogP contribution in [0, 0.1) is 19.7 Å². The molecule has 0 amide bonds. The van der Waals surface area contributed by atoms with Gasteiger partial charge in [-0.1, -0.05) is 12.1 Å². The van der Waals surface area contributed by atoms with Crippen molar-refractivity contribution >= 4 is 11.9 Å². The van der Waals surface area contributed by atoms with E-state index in [2.05, 4.69) is 4.98 Å². The van der Waals surface area contributed by atoms with Crippen molar-refractivity contribution in [2.24, 2.45) is 0 Å². The molecule has 0 saturated carbocycles. The second kappa shape index (κ2) is 7.09. The number of carbonyl (C=O) groups is 2. The minimum atomic E-state index is -0.573. The number of aromatic amines is 1. The first-order chi connectivity index (χ1) is 10.9. The Bertz CT molecular complexity index is 736. The Morgan fingerprint density at radius 1 is 1.17 bits per heavy atom. The van der Waals surface area contributed by atoms with Gasteiger partial charge in [0.15, 0.2) is 0 Å². The summed E-state index contributed by atoms with van der Waals surface area (Å²) in [7, 11) is 0. The van der Waals surface area contributed by atoms with Crippen LogP contribution in [0.2, 0.25) is 0 Å². The number of H-pyrrole nitrogens is 1. The van der Waals surface area contributed by atoms with Gasteiger partial charge < -0.3 is 14.5 Å². The van der Waals surface area contributed by atoms with Crippen molar-refractivity contribution in [3.8, 4) is 0 Å². The number of ether oxygens (including phenoxy) is 2. The Morgan fingerprint density at radius 3 is 2.57 bits per heavy atom. The molecule has 1 heterocycles. The topological polar surface area (TPSA) is 68.4 Å². The fourth-order valence-corrected chi connectivity index (χ4v) is 2.31. The van der Waals surface area contributed by atoms with E-state index in [4.69, 9.17) is 9.47 Å². The first-order valence-electron chi connectivity index (χ1n) is 7.21. The van der Waals surface area contributed by atoms with Crippen LogP contribution < -0.4 is 0 Å². The first kappa shape index (κ1) is 16.7. The number of aromatic nitrogens is 1. The number of hydrogen-bond acceptors (Lipinski definition) is 4. The maximum atomic E-state index is 13.1. The van der Waals surface area contributed by atoms with Crippen molar-refractivity contribution in [2.75, 3.05) is 6.61 Å². The molecule has 2 rings (SSSR count). The molecule has 0 unspecified atom stereocenters. The Morgan fingerprint density at radius 2 is 1.91 bits per heavy atom. The van der Waals surface area contributed by atoms with E-state index in [0.717, 1.165) is 0 Å². The van der Waals surface area contributed by atoms with Crippen LogP contribution in [0.25, 0.3) is 0 Å². The first-order valence-corrected chi connectivity index (χ1v) is 7.21. The van der Waals surface area contributed by atoms with Gasteiger partial charge in [-0.15, -0.1) is 0 Å². The van der Waals surface area contributed by atoms with Crippen LogP contribution in [0.4, 0.5) is 4.39 Å². The zero-order valence-corrected chi connectivity index (χ0v) is 13.2. The van der Waals surface area contributed by atoms with Gasteiger partial charge in [-0.3, -0.25) is 0 Å². The van der Waals surface area contributed by atoms with Gasteiger partial charge in [0.2, 0.25) is 0 Å². The second-order valence-electron chi connectivity index (χ2n) is 5.05. The van der Waals surface area contributed by atoms with Crippen molar-refractivity contribution in [3.63, 3.8) is 0 Å². The molecule has 0 radical (unpaired) electrons. The number of aryl methyl sites for hydroxylation is 1. The van der Waals surface area contributed by atoms with E-state index in [-0.39, 0.29) is 18.9 Å². The predicted molar refractivity (Wildman–Crippen MR) is 81.7 cm³/mol. The Balaban J connectivity index is 2.15. The summed E-state index contributed by atoms with van der Waals surface area (Å²) >= 11 is 0. The smallest absolute Gasteiger partial charge is 0.355 e. The predicted octanol–water partition coefficient (Wildman–Crippen LogP) is 3.30. The van der Waals surface area contributed by atoms with Crippen molar-refractivity contribution in [3.05, 3.63) is 58.2 Å². The number of rotatable bonds is 5. The third-order valence-corrected chi connectivity index (χ3v) is 3.38. The van der Waals surface area contributed by atoms with E-state index in [9.17, 15) is 14.0 Å². The van der Waals surface area contributed by atoms with Gasteiger partial charge >= 0.3 is 11.9 Å². The van der Waals surface area contributed by atoms with Gasteiger partial charge in [-0.2, -0.15) is 0 Å². The van der Waals surface area contributed by atoms with Crippen LogP contribution in [-0.2, 0) is 16.1 Å². The molecule has 0 spiro atoms. The van der Waals surface area contributed by atoms with Gasteiger partial charge in [0.25, 0.3) is 0 Å². The molecule has 2 aromatic rings. The molecule has 23 heavy (non-hydrogen) atoms. The van der Waals surface area contributed by atoms with E-state index in [0.29, 0.717) is 22.4 Å². The largest absolute Gasteiger partial charge is 0.461 e. The number of carbonyl (C=O) groups excluding carboxylic acids is 2. The lowest BCUT2D eigenvalue weighted by Crippen LogP contribution is -2.09. The Hall–Kier alpha value is -2.63. The molecule has 0 aliphatic carbocycles. The average Bonchev–Trinajstić information content (AvgIpc) is 2.80. The normalized spacial score (nSPS) is 10.4. The van der Waals surface area contributed by atoms with Crippen LogP contribution in [0.5, 0.6) is 0 Å². The summed E-state index contributed by atoms with van der Waals surface area (Å²) in [5.41, 5.74) is 2.08. The fourth-order valence-electron chi connectivity index (χ4n) is 2.31. The van der Waals surface area contributed by atoms with Gasteiger partial charge in [-0.25, -0.2) is 14.0 Å². The fraction of sp³-hybridized carbons (Fsp3) is 0.294. The molecule has 1 N–H and O–H groups in total. The van der Waals surface area contributed by atoms with Crippen molar-refractivity contribution in [1.82, 2.24) is 4.98 Å². The lowest BCUT2D eigenvalue weighted by molar-refractivity contribution is 0.0470. The van der Waals surface area contributed by atoms with E-state index in [1.54, 1.807) is 32.9 Å². The summed E-state index contributed by atoms with van der Waals surface area (Å²) in [6, 6.07) is 5.83. The summed E-state index contributed by atoms with van der Waals surface area (Å²) < 4.78 is 23.3. The number of benzene rings is 1. The minimum Gasteiger partial charge on any atom is -0.461 e. The third-order valence-electron chi connectivity index (χ3n) is 3.38. The molecule has 0 atom stereocenters. The molecule has 1 aromatic carbocycles. The van der Waals surface area contributed by atoms with Gasteiger partial charge in [-0.05, 0) is 44.0 Å². The second-order valence-corrected chi connectivity index (χ2v) is 5.05. The summed E-state index contributed by atoms with van der Waals surface area (Å²) in [5, 5.41) is 0. The Labute approximate surface area is 133 Å². The van der Waals surface area contributed by atoms with Crippen LogP contribution in [0.15, 0.2) is 24.3 Å². The Kier molecular flexibility index (Phi) is 5.16. The van der Waals surface area contributed by atoms with Crippen LogP contribution in [0.3, 0.4) is 0 Å². The highest BCUT2D eigenvalue weighted by atomic mass is 19.1. The van der Waals surface area contributed by atoms with Crippen LogP contribution >= 0.6 is 0 Å². The third kappa shape index (κ3) is 3.77. The summed E-state index contributed by atoms with van der Waals surface area (Å²) in [6.45, 7) is 5.23. The highest BCUT2D eigenvalue weighted by molar-refractivity contribution is 5.98. The maximum absolute atomic E-state index is 13.1. The van der Waals surface area contributed by atoms with Crippen LogP contribution in [0.1, 0.15) is 44.6 Å². The summed E-state index contributed by atoms with van der Waals surface area (Å²) in [4.78, 5) is 26.9. The monoisotopic (exact) mass is 319 g/mol. The van der Waals surface area contributed by atoms with Crippen LogP contribution in [-0.4, -0.2) is 23.5 Å². The number of esters is 2. The van der Waals surface area contributed by atoms with E-state index >= 15 is 0 Å². The molecular formula is C17H18FNO4. The molecule has 6 heteroatoms. The van der Waals surface area contributed by atoms with E-state index < -0.39 is 17.8 Å². The highest BCUT2D eigenvalue weighted by Crippen LogP contribution is 2.20. The molecule has 0 saturated heterocycles. The molecule has 1 aromatic heterocycles. The number of hydrogen-bond donors (Lipinski definition) is 1. The number of nitrogens with one attached hydrogen (secondary N) is 1. The van der Waals surface area contributed by atoms with Gasteiger partial charge in [0.05, 0.1) is 12.2 Å². The SMILES string of the molecule is CCOC(=O)c1[nH]c(C)c(C(=O)OCc2cccc(F)c2)c1C. The quantitative estimate of drug-likeness (QED) is 0.859. The van der Waals surface area contributed by atoms with Gasteiger partial charge in [0.1, 0.15) is 18.1 Å². The number of halogens is 1. The lowest BCUT2D eigenvalue weighted by atomic mass is 10.1. The molecule has 122 valence electrons. The lowest BCUT2D eigenvalue weighted by Gasteiger charge is -2.06. The molecule has 0 bridgehead atoms. The average molecular weight is 319 g/mol. The van der Waals surface area contributed by atoms with Crippen molar-refractivity contribution in [2.45, 2.75) is 27.4 Å². The van der Waals surface area contributed by atoms with Gasteiger partial charge in [0, 0.05) is 5.69 Å². The molecule has 0 aliphatic heterocycles. The standard InChI is InChI=1S/C17H18FNO4/c1-4-22-17(21)15-10(2)14(11(3)19-15)16(20)23-9-12-6-5-7-13(18)8-12/h5-8,19H,4,9H2,1-3H3. The molecule has 0 aliphatic rings. The summed E-state index contributed by atoms with van der Waals surface area (Å²) in [5.74, 6) is -1.48. The molecular weight excluding hydrogens is 301 g/mol. The van der Waals surface area contributed by atoms with E-state index in [1.165, 1.54) is 12.1 Å². The zero-order valence-electron chi connectivity index (χ0n) is 13.2. The highest BCUT2D eigenvalue weighted by Gasteiger charge is 2.23. The molecule has 0 fully saturated rings. The summed E-state index contributed by atoms with van der Waals surface area (Å²) in [6.07, 6.45) is 0. The minimum absolute atomic E-state index is 0.0462. The van der Waals surface area contributed by atoms with Crippen molar-refractivity contribution < 1.29 is 23.5 Å². The zero-order chi connectivity index (χ0) is 17.0. The molecule has 5 nitrogen and oxygen atoms in total. The van der Waals surface area contributed by atoms with Crippen molar-refractivity contribution in [1.29, 1.82) is 0 Å². The van der Waals surface area contributed by atoms with E-state index in [1.807, 2.05) is 0 Å².